The van der Waals surface area contributed by atoms with Crippen molar-refractivity contribution in [2.24, 2.45) is 0 Å². The number of carbonyl (C=O) groups is 3. The first-order valence-electron chi connectivity index (χ1n) is 9.86. The predicted molar refractivity (Wildman–Crippen MR) is 121 cm³/mol. The van der Waals surface area contributed by atoms with Crippen LogP contribution in [-0.2, 0) is 20.9 Å². The molecule has 0 aromatic heterocycles. The topological polar surface area (TPSA) is 72.9 Å². The van der Waals surface area contributed by atoms with Gasteiger partial charge in [-0.15, -0.1) is 0 Å². The van der Waals surface area contributed by atoms with Crippen LogP contribution in [0.25, 0.3) is 11.1 Å². The van der Waals surface area contributed by atoms with Crippen molar-refractivity contribution in [1.82, 2.24) is 4.90 Å². The molecule has 0 aliphatic rings. The van der Waals surface area contributed by atoms with Crippen LogP contribution >= 0.6 is 11.6 Å². The molecule has 3 aromatic rings. The second-order valence-corrected chi connectivity index (χ2v) is 7.59. The molecule has 0 bridgehead atoms. The van der Waals surface area contributed by atoms with E-state index in [9.17, 15) is 14.4 Å². The molecule has 0 spiro atoms. The van der Waals surface area contributed by atoms with E-state index in [1.807, 2.05) is 24.3 Å². The van der Waals surface area contributed by atoms with Crippen LogP contribution in [-0.4, -0.2) is 36.4 Å². The Morgan fingerprint density at radius 1 is 0.906 bits per heavy atom. The van der Waals surface area contributed by atoms with E-state index >= 15 is 0 Å². The van der Waals surface area contributed by atoms with Gasteiger partial charge in [0.05, 0.1) is 5.56 Å². The molecule has 0 saturated heterocycles. The van der Waals surface area contributed by atoms with E-state index < -0.39 is 5.97 Å². The second kappa shape index (κ2) is 10.6. The highest BCUT2D eigenvalue weighted by Gasteiger charge is 2.14. The maximum atomic E-state index is 12.3. The van der Waals surface area contributed by atoms with Gasteiger partial charge >= 0.3 is 11.9 Å². The number of likely N-dealkylation sites (N-methyl/N-ethyl adjacent to an activating group) is 1. The minimum Gasteiger partial charge on any atom is -0.452 e. The van der Waals surface area contributed by atoms with Crippen LogP contribution < -0.4 is 4.74 Å². The molecule has 3 aromatic carbocycles. The molecule has 0 atom stereocenters. The number of ether oxygens (including phenoxy) is 2. The van der Waals surface area contributed by atoms with E-state index in [4.69, 9.17) is 21.1 Å². The summed E-state index contributed by atoms with van der Waals surface area (Å²) in [6, 6.07) is 21.1. The zero-order valence-corrected chi connectivity index (χ0v) is 18.5. The first kappa shape index (κ1) is 23.0. The summed E-state index contributed by atoms with van der Waals surface area (Å²) in [5, 5.41) is 0.596. The summed E-state index contributed by atoms with van der Waals surface area (Å²) in [5.74, 6) is -0.810. The quantitative estimate of drug-likeness (QED) is 0.383. The molecule has 1 amide bonds. The van der Waals surface area contributed by atoms with Crippen LogP contribution in [0.15, 0.2) is 72.8 Å². The minimum atomic E-state index is -0.578. The maximum absolute atomic E-state index is 12.3. The van der Waals surface area contributed by atoms with Crippen LogP contribution in [0.4, 0.5) is 0 Å². The standard InChI is InChI=1S/C25H22ClNO5/c1-17(28)32-23-12-10-20(11-13-23)19-6-8-21(9-7-19)25(30)31-16-24(29)27(2)15-18-4-3-5-22(26)14-18/h3-14H,15-16H2,1-2H3. The van der Waals surface area contributed by atoms with Crippen molar-refractivity contribution in [1.29, 1.82) is 0 Å². The summed E-state index contributed by atoms with van der Waals surface area (Å²) in [5.41, 5.74) is 3.01. The molecule has 0 aliphatic carbocycles. The normalized spacial score (nSPS) is 10.3. The summed E-state index contributed by atoms with van der Waals surface area (Å²) in [7, 11) is 1.64. The fourth-order valence-electron chi connectivity index (χ4n) is 3.00. The maximum Gasteiger partial charge on any atom is 0.338 e. The van der Waals surface area contributed by atoms with Gasteiger partial charge in [-0.25, -0.2) is 4.79 Å². The fraction of sp³-hybridized carbons (Fsp3) is 0.160. The highest BCUT2D eigenvalue weighted by Crippen LogP contribution is 2.23. The molecule has 6 nitrogen and oxygen atoms in total. The zero-order valence-electron chi connectivity index (χ0n) is 17.7. The summed E-state index contributed by atoms with van der Waals surface area (Å²) in [6.07, 6.45) is 0. The lowest BCUT2D eigenvalue weighted by atomic mass is 10.0. The lowest BCUT2D eigenvalue weighted by Gasteiger charge is -2.17. The Morgan fingerprint density at radius 3 is 2.12 bits per heavy atom. The molecule has 0 fully saturated rings. The Kier molecular flexibility index (Phi) is 7.63. The largest absolute Gasteiger partial charge is 0.452 e. The molecular formula is C25H22ClNO5. The van der Waals surface area contributed by atoms with E-state index in [0.29, 0.717) is 22.9 Å². The van der Waals surface area contributed by atoms with E-state index in [2.05, 4.69) is 0 Å². The molecule has 7 heteroatoms. The van der Waals surface area contributed by atoms with Gasteiger partial charge in [0.2, 0.25) is 0 Å². The van der Waals surface area contributed by atoms with Gasteiger partial charge in [-0.05, 0) is 53.1 Å². The van der Waals surface area contributed by atoms with Crippen LogP contribution in [0.3, 0.4) is 0 Å². The Bertz CT molecular complexity index is 1110. The average Bonchev–Trinajstić information content (AvgIpc) is 2.77. The van der Waals surface area contributed by atoms with E-state index in [1.165, 1.54) is 11.8 Å². The summed E-state index contributed by atoms with van der Waals surface area (Å²) in [4.78, 5) is 37.1. The molecule has 32 heavy (non-hydrogen) atoms. The number of nitrogens with zero attached hydrogens (tertiary/aromatic N) is 1. The van der Waals surface area contributed by atoms with Crippen molar-refractivity contribution in [3.8, 4) is 16.9 Å². The van der Waals surface area contributed by atoms with Gasteiger partial charge in [-0.1, -0.05) is 48.0 Å². The highest BCUT2D eigenvalue weighted by atomic mass is 35.5. The smallest absolute Gasteiger partial charge is 0.338 e. The third-order valence-electron chi connectivity index (χ3n) is 4.63. The number of halogens is 1. The van der Waals surface area contributed by atoms with Crippen LogP contribution in [0.5, 0.6) is 5.75 Å². The van der Waals surface area contributed by atoms with Gasteiger partial charge in [0.1, 0.15) is 5.75 Å². The number of rotatable bonds is 7. The predicted octanol–water partition coefficient (Wildman–Crippen LogP) is 4.75. The molecule has 0 unspecified atom stereocenters. The van der Waals surface area contributed by atoms with Gasteiger partial charge in [-0.2, -0.15) is 0 Å². The number of esters is 2. The molecule has 3 rings (SSSR count). The van der Waals surface area contributed by atoms with Gasteiger partial charge in [0.25, 0.3) is 5.91 Å². The Morgan fingerprint density at radius 2 is 1.53 bits per heavy atom. The van der Waals surface area contributed by atoms with Crippen LogP contribution in [0.1, 0.15) is 22.8 Å². The molecular weight excluding hydrogens is 430 g/mol. The van der Waals surface area contributed by atoms with E-state index in [0.717, 1.165) is 16.7 Å². The van der Waals surface area contributed by atoms with Crippen molar-refractivity contribution in [3.05, 3.63) is 88.9 Å². The SMILES string of the molecule is CC(=O)Oc1ccc(-c2ccc(C(=O)OCC(=O)N(C)Cc3cccc(Cl)c3)cc2)cc1. The summed E-state index contributed by atoms with van der Waals surface area (Å²) in [6.45, 7) is 1.35. The lowest BCUT2D eigenvalue weighted by Crippen LogP contribution is -2.30. The summed E-state index contributed by atoms with van der Waals surface area (Å²) < 4.78 is 10.2. The lowest BCUT2D eigenvalue weighted by molar-refractivity contribution is -0.134. The Balaban J connectivity index is 1.54. The summed E-state index contributed by atoms with van der Waals surface area (Å²) >= 11 is 5.96. The number of amides is 1. The van der Waals surface area contributed by atoms with Gasteiger partial charge in [0.15, 0.2) is 6.61 Å². The number of hydrogen-bond acceptors (Lipinski definition) is 5. The van der Waals surface area contributed by atoms with Crippen molar-refractivity contribution < 1.29 is 23.9 Å². The van der Waals surface area contributed by atoms with Gasteiger partial charge in [0, 0.05) is 25.5 Å². The number of carbonyl (C=O) groups excluding carboxylic acids is 3. The third-order valence-corrected chi connectivity index (χ3v) is 4.87. The third kappa shape index (κ3) is 6.43. The van der Waals surface area contributed by atoms with Crippen molar-refractivity contribution in [2.45, 2.75) is 13.5 Å². The molecule has 0 aliphatic heterocycles. The first-order valence-corrected chi connectivity index (χ1v) is 10.2. The number of benzene rings is 3. The molecule has 164 valence electrons. The second-order valence-electron chi connectivity index (χ2n) is 7.15. The van der Waals surface area contributed by atoms with Crippen molar-refractivity contribution >= 4 is 29.4 Å². The molecule has 0 radical (unpaired) electrons. The van der Waals surface area contributed by atoms with Crippen molar-refractivity contribution in [3.63, 3.8) is 0 Å². The molecule has 0 N–H and O–H groups in total. The highest BCUT2D eigenvalue weighted by molar-refractivity contribution is 6.30. The van der Waals surface area contributed by atoms with Gasteiger partial charge in [-0.3, -0.25) is 9.59 Å². The average molecular weight is 452 g/mol. The fourth-order valence-corrected chi connectivity index (χ4v) is 3.21. The first-order chi connectivity index (χ1) is 15.3. The van der Waals surface area contributed by atoms with E-state index in [1.54, 1.807) is 55.6 Å². The molecule has 0 heterocycles. The van der Waals surface area contributed by atoms with E-state index in [-0.39, 0.29) is 18.5 Å². The molecule has 0 saturated carbocycles. The van der Waals surface area contributed by atoms with Crippen LogP contribution in [0, 0.1) is 0 Å². The Hall–Kier alpha value is -3.64. The van der Waals surface area contributed by atoms with Crippen molar-refractivity contribution in [2.75, 3.05) is 13.7 Å². The number of hydrogen-bond donors (Lipinski definition) is 0. The monoisotopic (exact) mass is 451 g/mol. The minimum absolute atomic E-state index is 0.317. The van der Waals surface area contributed by atoms with Gasteiger partial charge < -0.3 is 14.4 Å². The van der Waals surface area contributed by atoms with Crippen LogP contribution in [0.2, 0.25) is 5.02 Å². The zero-order chi connectivity index (χ0) is 23.1. The Labute approximate surface area is 191 Å².